The molecule has 0 radical (unpaired) electrons. The largest absolute Gasteiger partial charge is 0.464 e. The van der Waals surface area contributed by atoms with Gasteiger partial charge in [0.2, 0.25) is 0 Å². The summed E-state index contributed by atoms with van der Waals surface area (Å²) in [6.45, 7) is 0.462. The molecule has 1 N–H and O–H groups in total. The second kappa shape index (κ2) is 5.29. The van der Waals surface area contributed by atoms with E-state index in [1.54, 1.807) is 0 Å². The number of nitrogens with zero attached hydrogens (tertiary/aromatic N) is 2. The molecule has 1 aliphatic rings. The molecule has 0 amide bonds. The molecule has 1 aromatic heterocycles. The monoisotopic (exact) mass is 240 g/mol. The van der Waals surface area contributed by atoms with Crippen molar-refractivity contribution in [2.45, 2.75) is 32.1 Å². The second-order valence-electron chi connectivity index (χ2n) is 3.94. The van der Waals surface area contributed by atoms with Crippen LogP contribution in [0.15, 0.2) is 6.07 Å². The molecule has 0 bridgehead atoms. The van der Waals surface area contributed by atoms with E-state index in [2.05, 4.69) is 9.84 Å². The zero-order valence-corrected chi connectivity index (χ0v) is 9.76. The lowest BCUT2D eigenvalue weighted by Gasteiger charge is -2.23. The van der Waals surface area contributed by atoms with Crippen LogP contribution >= 0.6 is 0 Å². The molecule has 94 valence electrons. The SMILES string of the molecule is COC(=O)c1cc(CO)nn1C1CCCCO1. The van der Waals surface area contributed by atoms with Crippen molar-refractivity contribution < 1.29 is 19.4 Å². The summed E-state index contributed by atoms with van der Waals surface area (Å²) in [5.41, 5.74) is 0.767. The molecule has 0 saturated carbocycles. The van der Waals surface area contributed by atoms with Gasteiger partial charge >= 0.3 is 5.97 Å². The van der Waals surface area contributed by atoms with Gasteiger partial charge in [0.05, 0.1) is 19.4 Å². The highest BCUT2D eigenvalue weighted by Crippen LogP contribution is 2.24. The summed E-state index contributed by atoms with van der Waals surface area (Å²) in [6.07, 6.45) is 2.65. The van der Waals surface area contributed by atoms with Crippen molar-refractivity contribution in [1.29, 1.82) is 0 Å². The minimum absolute atomic E-state index is 0.205. The Morgan fingerprint density at radius 3 is 3.12 bits per heavy atom. The molecule has 6 heteroatoms. The molecule has 1 aliphatic heterocycles. The normalized spacial score (nSPS) is 20.2. The van der Waals surface area contributed by atoms with Crippen LogP contribution in [0, 0.1) is 0 Å². The molecule has 1 fully saturated rings. The maximum atomic E-state index is 11.6. The summed E-state index contributed by atoms with van der Waals surface area (Å²) in [7, 11) is 1.32. The number of carbonyl (C=O) groups excluding carboxylic acids is 1. The third-order valence-electron chi connectivity index (χ3n) is 2.77. The van der Waals surface area contributed by atoms with E-state index >= 15 is 0 Å². The van der Waals surface area contributed by atoms with Gasteiger partial charge in [0.15, 0.2) is 6.23 Å². The van der Waals surface area contributed by atoms with Crippen molar-refractivity contribution in [2.24, 2.45) is 0 Å². The fraction of sp³-hybridized carbons (Fsp3) is 0.636. The molecule has 1 unspecified atom stereocenters. The Bertz CT molecular complexity index is 396. The van der Waals surface area contributed by atoms with E-state index in [4.69, 9.17) is 9.84 Å². The van der Waals surface area contributed by atoms with Crippen LogP contribution in [0.25, 0.3) is 0 Å². The maximum absolute atomic E-state index is 11.6. The third-order valence-corrected chi connectivity index (χ3v) is 2.77. The number of methoxy groups -OCH3 is 1. The van der Waals surface area contributed by atoms with Gasteiger partial charge in [0.1, 0.15) is 5.69 Å². The predicted octanol–water partition coefficient (Wildman–Crippen LogP) is 0.861. The van der Waals surface area contributed by atoms with E-state index in [1.165, 1.54) is 17.9 Å². The Balaban J connectivity index is 2.29. The molecule has 6 nitrogen and oxygen atoms in total. The lowest BCUT2D eigenvalue weighted by molar-refractivity contribution is -0.0418. The molecule has 1 saturated heterocycles. The number of rotatable bonds is 3. The lowest BCUT2D eigenvalue weighted by atomic mass is 10.2. The first-order valence-corrected chi connectivity index (χ1v) is 5.65. The summed E-state index contributed by atoms with van der Waals surface area (Å²) in [5.74, 6) is -0.466. The molecule has 17 heavy (non-hydrogen) atoms. The Hall–Kier alpha value is -1.40. The average Bonchev–Trinajstić information content (AvgIpc) is 2.83. The Morgan fingerprint density at radius 1 is 1.71 bits per heavy atom. The van der Waals surface area contributed by atoms with E-state index in [0.29, 0.717) is 18.0 Å². The minimum atomic E-state index is -0.466. The maximum Gasteiger partial charge on any atom is 0.356 e. The average molecular weight is 240 g/mol. The molecule has 1 aromatic rings. The fourth-order valence-corrected chi connectivity index (χ4v) is 1.92. The highest BCUT2D eigenvalue weighted by atomic mass is 16.5. The molecular weight excluding hydrogens is 224 g/mol. The van der Waals surface area contributed by atoms with Crippen molar-refractivity contribution in [3.05, 3.63) is 17.5 Å². The standard InChI is InChI=1S/C11H16N2O4/c1-16-11(15)9-6-8(7-14)12-13(9)10-4-2-3-5-17-10/h6,10,14H,2-5,7H2,1H3. The number of esters is 1. The first-order valence-electron chi connectivity index (χ1n) is 5.65. The summed E-state index contributed by atoms with van der Waals surface area (Å²) >= 11 is 0. The first-order chi connectivity index (χ1) is 8.26. The van der Waals surface area contributed by atoms with Crippen molar-refractivity contribution in [1.82, 2.24) is 9.78 Å². The number of hydrogen-bond acceptors (Lipinski definition) is 5. The molecular formula is C11H16N2O4. The topological polar surface area (TPSA) is 73.6 Å². The third kappa shape index (κ3) is 2.48. The van der Waals surface area contributed by atoms with Crippen LogP contribution in [0.3, 0.4) is 0 Å². The van der Waals surface area contributed by atoms with Gasteiger partial charge in [-0.05, 0) is 25.3 Å². The van der Waals surface area contributed by atoms with Crippen LogP contribution in [-0.4, -0.2) is 34.6 Å². The smallest absolute Gasteiger partial charge is 0.356 e. The molecule has 2 heterocycles. The Kier molecular flexibility index (Phi) is 3.75. The van der Waals surface area contributed by atoms with Gasteiger partial charge in [0, 0.05) is 6.61 Å². The van der Waals surface area contributed by atoms with E-state index in [1.807, 2.05) is 0 Å². The van der Waals surface area contributed by atoms with Gasteiger partial charge < -0.3 is 14.6 Å². The Labute approximate surface area is 99.1 Å². The minimum Gasteiger partial charge on any atom is -0.464 e. The van der Waals surface area contributed by atoms with Crippen molar-refractivity contribution >= 4 is 5.97 Å². The van der Waals surface area contributed by atoms with E-state index in [9.17, 15) is 4.79 Å². The number of hydrogen-bond donors (Lipinski definition) is 1. The van der Waals surface area contributed by atoms with Gasteiger partial charge in [-0.2, -0.15) is 5.10 Å². The van der Waals surface area contributed by atoms with E-state index < -0.39 is 5.97 Å². The second-order valence-corrected chi connectivity index (χ2v) is 3.94. The number of aliphatic hydroxyl groups is 1. The van der Waals surface area contributed by atoms with Crippen LogP contribution in [0.2, 0.25) is 0 Å². The van der Waals surface area contributed by atoms with E-state index in [0.717, 1.165) is 19.3 Å². The number of ether oxygens (including phenoxy) is 2. The summed E-state index contributed by atoms with van der Waals surface area (Å²) in [5, 5.41) is 13.2. The van der Waals surface area contributed by atoms with Crippen LogP contribution in [0.4, 0.5) is 0 Å². The number of carbonyl (C=O) groups is 1. The summed E-state index contributed by atoms with van der Waals surface area (Å²) < 4.78 is 11.8. The van der Waals surface area contributed by atoms with Crippen LogP contribution in [0.5, 0.6) is 0 Å². The quantitative estimate of drug-likeness (QED) is 0.793. The van der Waals surface area contributed by atoms with Crippen molar-refractivity contribution in [2.75, 3.05) is 13.7 Å². The molecule has 2 rings (SSSR count). The van der Waals surface area contributed by atoms with Gasteiger partial charge in [0.25, 0.3) is 0 Å². The summed E-state index contributed by atoms with van der Waals surface area (Å²) in [4.78, 5) is 11.6. The van der Waals surface area contributed by atoms with Crippen LogP contribution in [-0.2, 0) is 16.1 Å². The van der Waals surface area contributed by atoms with Crippen LogP contribution < -0.4 is 0 Å². The fourth-order valence-electron chi connectivity index (χ4n) is 1.92. The number of aromatic nitrogens is 2. The van der Waals surface area contributed by atoms with Crippen molar-refractivity contribution in [3.63, 3.8) is 0 Å². The Morgan fingerprint density at radius 2 is 2.53 bits per heavy atom. The zero-order valence-electron chi connectivity index (χ0n) is 9.76. The highest BCUT2D eigenvalue weighted by molar-refractivity contribution is 5.87. The molecule has 1 atom stereocenters. The summed E-state index contributed by atoms with van der Waals surface area (Å²) in [6, 6.07) is 1.53. The zero-order chi connectivity index (χ0) is 12.3. The molecule has 0 spiro atoms. The van der Waals surface area contributed by atoms with Gasteiger partial charge in [-0.25, -0.2) is 9.48 Å². The lowest BCUT2D eigenvalue weighted by Crippen LogP contribution is -2.23. The first kappa shape index (κ1) is 12.1. The highest BCUT2D eigenvalue weighted by Gasteiger charge is 2.24. The van der Waals surface area contributed by atoms with E-state index in [-0.39, 0.29) is 12.8 Å². The van der Waals surface area contributed by atoms with Gasteiger partial charge in [-0.15, -0.1) is 0 Å². The molecule has 0 aromatic carbocycles. The van der Waals surface area contributed by atoms with Crippen molar-refractivity contribution in [3.8, 4) is 0 Å². The van der Waals surface area contributed by atoms with Crippen LogP contribution in [0.1, 0.15) is 41.7 Å². The predicted molar refractivity (Wildman–Crippen MR) is 58.3 cm³/mol. The van der Waals surface area contributed by atoms with Gasteiger partial charge in [-0.1, -0.05) is 0 Å². The molecule has 0 aliphatic carbocycles. The van der Waals surface area contributed by atoms with Gasteiger partial charge in [-0.3, -0.25) is 0 Å². The number of aliphatic hydroxyl groups excluding tert-OH is 1.